The third kappa shape index (κ3) is 2.37. The highest BCUT2D eigenvalue weighted by atomic mass is 35.5. The fraction of sp³-hybridized carbons (Fsp3) is 0.154. The van der Waals surface area contributed by atoms with Crippen molar-refractivity contribution in [1.82, 2.24) is 5.32 Å². The molecule has 3 rings (SSSR count). The Bertz CT molecular complexity index is 623. The highest BCUT2D eigenvalue weighted by molar-refractivity contribution is 6.32. The molecule has 1 aromatic carbocycles. The standard InChI is InChI=1S/C13H10ClNO4/c14-12-9(3-4-17-12)13(16)15-6-8-1-2-10-11(5-8)19-7-18-10/h1-5H,6-7H2,(H,15,16). The summed E-state index contributed by atoms with van der Waals surface area (Å²) in [4.78, 5) is 11.8. The van der Waals surface area contributed by atoms with E-state index in [1.54, 1.807) is 0 Å². The van der Waals surface area contributed by atoms with Gasteiger partial charge in [0.2, 0.25) is 12.0 Å². The Morgan fingerprint density at radius 1 is 1.26 bits per heavy atom. The van der Waals surface area contributed by atoms with Crippen LogP contribution in [0.5, 0.6) is 11.5 Å². The maximum Gasteiger partial charge on any atom is 0.256 e. The van der Waals surface area contributed by atoms with E-state index in [1.807, 2.05) is 18.2 Å². The van der Waals surface area contributed by atoms with Gasteiger partial charge in [-0.3, -0.25) is 4.79 Å². The van der Waals surface area contributed by atoms with E-state index in [4.69, 9.17) is 25.5 Å². The molecule has 0 unspecified atom stereocenters. The van der Waals surface area contributed by atoms with Crippen LogP contribution in [0.4, 0.5) is 0 Å². The molecule has 0 spiro atoms. The average molecular weight is 280 g/mol. The summed E-state index contributed by atoms with van der Waals surface area (Å²) in [6.07, 6.45) is 1.37. The maximum absolute atomic E-state index is 11.8. The first-order chi connectivity index (χ1) is 9.24. The van der Waals surface area contributed by atoms with Crippen molar-refractivity contribution in [3.8, 4) is 11.5 Å². The zero-order valence-corrected chi connectivity index (χ0v) is 10.6. The number of furan rings is 1. The lowest BCUT2D eigenvalue weighted by atomic mass is 10.2. The summed E-state index contributed by atoms with van der Waals surface area (Å²) in [7, 11) is 0. The van der Waals surface area contributed by atoms with E-state index >= 15 is 0 Å². The summed E-state index contributed by atoms with van der Waals surface area (Å²) in [6, 6.07) is 7.04. The highest BCUT2D eigenvalue weighted by Gasteiger charge is 2.15. The fourth-order valence-electron chi connectivity index (χ4n) is 1.78. The summed E-state index contributed by atoms with van der Waals surface area (Å²) in [6.45, 7) is 0.604. The molecule has 0 bridgehead atoms. The molecule has 5 nitrogen and oxygen atoms in total. The van der Waals surface area contributed by atoms with Gasteiger partial charge in [0, 0.05) is 6.54 Å². The van der Waals surface area contributed by atoms with Crippen LogP contribution < -0.4 is 14.8 Å². The van der Waals surface area contributed by atoms with Crippen molar-refractivity contribution >= 4 is 17.5 Å². The summed E-state index contributed by atoms with van der Waals surface area (Å²) in [5.41, 5.74) is 1.24. The summed E-state index contributed by atoms with van der Waals surface area (Å²) >= 11 is 5.73. The second kappa shape index (κ2) is 4.85. The van der Waals surface area contributed by atoms with E-state index in [0.29, 0.717) is 23.6 Å². The van der Waals surface area contributed by atoms with Crippen LogP contribution in [0.3, 0.4) is 0 Å². The first-order valence-corrected chi connectivity index (χ1v) is 6.01. The number of carbonyl (C=O) groups is 1. The van der Waals surface area contributed by atoms with Crippen molar-refractivity contribution in [2.45, 2.75) is 6.54 Å². The lowest BCUT2D eigenvalue weighted by molar-refractivity contribution is 0.0950. The Kier molecular flexibility index (Phi) is 3.05. The molecule has 1 N–H and O–H groups in total. The highest BCUT2D eigenvalue weighted by Crippen LogP contribution is 2.32. The third-order valence-electron chi connectivity index (χ3n) is 2.75. The second-order valence-electron chi connectivity index (χ2n) is 3.98. The Labute approximate surface area is 114 Å². The zero-order valence-electron chi connectivity index (χ0n) is 9.81. The van der Waals surface area contributed by atoms with E-state index in [1.165, 1.54) is 12.3 Å². The molecule has 1 aromatic heterocycles. The molecule has 1 aliphatic rings. The van der Waals surface area contributed by atoms with Gasteiger partial charge >= 0.3 is 0 Å². The predicted molar refractivity (Wildman–Crippen MR) is 67.5 cm³/mol. The Morgan fingerprint density at radius 2 is 2.11 bits per heavy atom. The topological polar surface area (TPSA) is 60.7 Å². The van der Waals surface area contributed by atoms with Gasteiger partial charge in [0.05, 0.1) is 11.8 Å². The van der Waals surface area contributed by atoms with E-state index < -0.39 is 0 Å². The molecule has 0 fully saturated rings. The van der Waals surface area contributed by atoms with Gasteiger partial charge < -0.3 is 19.2 Å². The summed E-state index contributed by atoms with van der Waals surface area (Å²) in [5.74, 6) is 1.12. The number of rotatable bonds is 3. The maximum atomic E-state index is 11.8. The molecule has 1 aliphatic heterocycles. The van der Waals surface area contributed by atoms with Gasteiger partial charge in [-0.25, -0.2) is 0 Å². The van der Waals surface area contributed by atoms with Crippen molar-refractivity contribution in [3.05, 3.63) is 46.9 Å². The van der Waals surface area contributed by atoms with Crippen molar-refractivity contribution < 1.29 is 18.7 Å². The van der Waals surface area contributed by atoms with Crippen molar-refractivity contribution in [1.29, 1.82) is 0 Å². The van der Waals surface area contributed by atoms with Crippen LogP contribution in [0.2, 0.25) is 5.22 Å². The van der Waals surface area contributed by atoms with Crippen molar-refractivity contribution in [3.63, 3.8) is 0 Å². The molecule has 6 heteroatoms. The summed E-state index contributed by atoms with van der Waals surface area (Å²) in [5, 5.41) is 2.84. The molecule has 1 amide bonds. The van der Waals surface area contributed by atoms with Gasteiger partial charge in [-0.05, 0) is 35.4 Å². The zero-order chi connectivity index (χ0) is 13.2. The Balaban J connectivity index is 1.66. The van der Waals surface area contributed by atoms with Crippen LogP contribution in [-0.2, 0) is 6.54 Å². The molecule has 0 radical (unpaired) electrons. The molecule has 98 valence electrons. The van der Waals surface area contributed by atoms with Crippen LogP contribution in [0, 0.1) is 0 Å². The monoisotopic (exact) mass is 279 g/mol. The third-order valence-corrected chi connectivity index (χ3v) is 3.05. The molecule has 0 saturated heterocycles. The van der Waals surface area contributed by atoms with Crippen LogP contribution in [0.15, 0.2) is 34.9 Å². The summed E-state index contributed by atoms with van der Waals surface area (Å²) < 4.78 is 15.3. The molecule has 0 atom stereocenters. The number of carbonyl (C=O) groups excluding carboxylic acids is 1. The number of hydrogen-bond acceptors (Lipinski definition) is 4. The minimum absolute atomic E-state index is 0.0863. The molecule has 2 heterocycles. The number of hydrogen-bond donors (Lipinski definition) is 1. The van der Waals surface area contributed by atoms with Crippen molar-refractivity contribution in [2.24, 2.45) is 0 Å². The quantitative estimate of drug-likeness (QED) is 0.938. The number of nitrogens with one attached hydrogen (secondary N) is 1. The van der Waals surface area contributed by atoms with E-state index in [0.717, 1.165) is 5.56 Å². The minimum Gasteiger partial charge on any atom is -0.454 e. The smallest absolute Gasteiger partial charge is 0.256 e. The molecular weight excluding hydrogens is 270 g/mol. The average Bonchev–Trinajstić information content (AvgIpc) is 3.03. The number of amides is 1. The van der Waals surface area contributed by atoms with E-state index in [-0.39, 0.29) is 17.9 Å². The first kappa shape index (κ1) is 11.9. The molecular formula is C13H10ClNO4. The van der Waals surface area contributed by atoms with Crippen LogP contribution in [0.1, 0.15) is 15.9 Å². The Hall–Kier alpha value is -2.14. The van der Waals surface area contributed by atoms with Crippen LogP contribution >= 0.6 is 11.6 Å². The number of halogens is 1. The minimum atomic E-state index is -0.281. The van der Waals surface area contributed by atoms with Crippen LogP contribution in [0.25, 0.3) is 0 Å². The van der Waals surface area contributed by atoms with Gasteiger partial charge in [0.1, 0.15) is 0 Å². The van der Waals surface area contributed by atoms with E-state index in [2.05, 4.69) is 5.32 Å². The normalized spacial score (nSPS) is 12.5. The predicted octanol–water partition coefficient (Wildman–Crippen LogP) is 2.59. The number of fused-ring (bicyclic) bond motifs is 1. The fourth-order valence-corrected chi connectivity index (χ4v) is 1.98. The SMILES string of the molecule is O=C(NCc1ccc2c(c1)OCO2)c1ccoc1Cl. The van der Waals surface area contributed by atoms with Crippen LogP contribution in [-0.4, -0.2) is 12.7 Å². The largest absolute Gasteiger partial charge is 0.454 e. The van der Waals surface area contributed by atoms with E-state index in [9.17, 15) is 4.79 Å². The van der Waals surface area contributed by atoms with Gasteiger partial charge in [0.25, 0.3) is 5.91 Å². The van der Waals surface area contributed by atoms with Gasteiger partial charge in [-0.2, -0.15) is 0 Å². The lowest BCUT2D eigenvalue weighted by Crippen LogP contribution is -2.22. The molecule has 2 aromatic rings. The first-order valence-electron chi connectivity index (χ1n) is 5.64. The molecule has 19 heavy (non-hydrogen) atoms. The molecule has 0 saturated carbocycles. The second-order valence-corrected chi connectivity index (χ2v) is 4.32. The van der Waals surface area contributed by atoms with Crippen molar-refractivity contribution in [2.75, 3.05) is 6.79 Å². The lowest BCUT2D eigenvalue weighted by Gasteiger charge is -2.05. The Morgan fingerprint density at radius 3 is 2.89 bits per heavy atom. The van der Waals surface area contributed by atoms with Gasteiger partial charge in [0.15, 0.2) is 11.5 Å². The molecule has 0 aliphatic carbocycles. The number of benzene rings is 1. The van der Waals surface area contributed by atoms with Gasteiger partial charge in [-0.15, -0.1) is 0 Å². The number of ether oxygens (including phenoxy) is 2. The van der Waals surface area contributed by atoms with Gasteiger partial charge in [-0.1, -0.05) is 6.07 Å².